The molecule has 0 fully saturated rings. The minimum Gasteiger partial charge on any atom is -0.316 e. The van der Waals surface area contributed by atoms with Crippen molar-refractivity contribution in [3.05, 3.63) is 65.1 Å². The minimum absolute atomic E-state index is 0.0487. The van der Waals surface area contributed by atoms with Gasteiger partial charge in [0.1, 0.15) is 12.4 Å². The van der Waals surface area contributed by atoms with Gasteiger partial charge in [-0.05, 0) is 23.6 Å². The molecule has 4 rings (SSSR count). The molecule has 1 amide bonds. The fraction of sp³-hybridized carbons (Fsp3) is 0.0556. The van der Waals surface area contributed by atoms with E-state index >= 15 is 0 Å². The molecule has 4 aromatic rings. The third-order valence-corrected chi connectivity index (χ3v) is 5.08. The lowest BCUT2D eigenvalue weighted by molar-refractivity contribution is -0.114. The normalized spacial score (nSPS) is 10.7. The Labute approximate surface area is 164 Å². The van der Waals surface area contributed by atoms with Crippen LogP contribution < -0.4 is 10.2 Å². The van der Waals surface area contributed by atoms with Crippen LogP contribution in [0, 0.1) is 0 Å². The van der Waals surface area contributed by atoms with Gasteiger partial charge in [0.2, 0.25) is 5.91 Å². The van der Waals surface area contributed by atoms with Crippen molar-refractivity contribution in [2.24, 2.45) is 0 Å². The summed E-state index contributed by atoms with van der Waals surface area (Å²) in [6, 6.07) is 14.9. The second-order valence-corrected chi connectivity index (χ2v) is 7.03. The SMILES string of the molecule is O=C(CN(c1ccn[nH]1)c1ccccc1Cl)Nc1cc(-c2cccs2)[nH]n1. The zero-order chi connectivity index (χ0) is 18.6. The lowest BCUT2D eigenvalue weighted by Gasteiger charge is -2.23. The molecule has 0 saturated heterocycles. The lowest BCUT2D eigenvalue weighted by Crippen LogP contribution is -2.30. The Morgan fingerprint density at radius 1 is 1.19 bits per heavy atom. The van der Waals surface area contributed by atoms with Crippen LogP contribution in [0.25, 0.3) is 10.6 Å². The van der Waals surface area contributed by atoms with Crippen LogP contribution in [0.2, 0.25) is 5.02 Å². The van der Waals surface area contributed by atoms with Crippen molar-refractivity contribution in [1.82, 2.24) is 20.4 Å². The van der Waals surface area contributed by atoms with Crippen molar-refractivity contribution >= 4 is 46.2 Å². The average Bonchev–Trinajstić information content (AvgIpc) is 3.41. The smallest absolute Gasteiger partial charge is 0.245 e. The van der Waals surface area contributed by atoms with E-state index in [0.29, 0.717) is 22.3 Å². The molecular weight excluding hydrogens is 384 g/mol. The first-order chi connectivity index (χ1) is 13.2. The van der Waals surface area contributed by atoms with Crippen molar-refractivity contribution in [2.75, 3.05) is 16.8 Å². The zero-order valence-electron chi connectivity index (χ0n) is 14.0. The number of nitrogens with zero attached hydrogens (tertiary/aromatic N) is 3. The summed E-state index contributed by atoms with van der Waals surface area (Å²) in [7, 11) is 0. The average molecular weight is 399 g/mol. The number of aromatic nitrogens is 4. The molecule has 1 aromatic carbocycles. The molecule has 0 atom stereocenters. The Morgan fingerprint density at radius 3 is 2.81 bits per heavy atom. The summed E-state index contributed by atoms with van der Waals surface area (Å²) in [4.78, 5) is 15.4. The number of rotatable bonds is 6. The van der Waals surface area contributed by atoms with E-state index in [9.17, 15) is 4.79 Å². The van der Waals surface area contributed by atoms with E-state index in [0.717, 1.165) is 10.6 Å². The number of para-hydroxylation sites is 1. The Morgan fingerprint density at radius 2 is 2.07 bits per heavy atom. The van der Waals surface area contributed by atoms with Gasteiger partial charge in [-0.15, -0.1) is 11.3 Å². The van der Waals surface area contributed by atoms with Crippen LogP contribution in [-0.4, -0.2) is 32.8 Å². The molecule has 3 aromatic heterocycles. The molecule has 3 heterocycles. The summed E-state index contributed by atoms with van der Waals surface area (Å²) in [5, 5.41) is 19.3. The topological polar surface area (TPSA) is 89.7 Å². The van der Waals surface area contributed by atoms with Gasteiger partial charge in [0.15, 0.2) is 5.82 Å². The molecule has 0 saturated carbocycles. The van der Waals surface area contributed by atoms with E-state index in [4.69, 9.17) is 11.6 Å². The van der Waals surface area contributed by atoms with E-state index in [1.165, 1.54) is 0 Å². The van der Waals surface area contributed by atoms with Gasteiger partial charge in [-0.1, -0.05) is 29.8 Å². The van der Waals surface area contributed by atoms with Gasteiger partial charge in [0.05, 0.1) is 27.5 Å². The fourth-order valence-corrected chi connectivity index (χ4v) is 3.57. The molecule has 9 heteroatoms. The van der Waals surface area contributed by atoms with Crippen molar-refractivity contribution in [1.29, 1.82) is 0 Å². The molecule has 0 radical (unpaired) electrons. The minimum atomic E-state index is -0.228. The first-order valence-corrected chi connectivity index (χ1v) is 9.37. The second kappa shape index (κ2) is 7.65. The van der Waals surface area contributed by atoms with Crippen LogP contribution in [0.1, 0.15) is 0 Å². The number of amides is 1. The van der Waals surface area contributed by atoms with Crippen LogP contribution in [-0.2, 0) is 4.79 Å². The number of thiophene rings is 1. The Balaban J connectivity index is 1.52. The molecule has 0 bridgehead atoms. The van der Waals surface area contributed by atoms with Gasteiger partial charge in [0, 0.05) is 12.1 Å². The van der Waals surface area contributed by atoms with Gasteiger partial charge in [-0.25, -0.2) is 0 Å². The standard InChI is InChI=1S/C18H15ClN6OS/c19-12-4-1-2-5-14(12)25(17-7-8-20-24-17)11-18(26)21-16-10-13(22-23-16)15-6-3-9-27-15/h1-10H,11H2,(H,20,24)(H2,21,22,23,26). The van der Waals surface area contributed by atoms with Crippen molar-refractivity contribution in [3.8, 4) is 10.6 Å². The molecule has 0 aliphatic heterocycles. The molecular formula is C18H15ClN6OS. The number of hydrogen-bond donors (Lipinski definition) is 3. The summed E-state index contributed by atoms with van der Waals surface area (Å²) in [6.45, 7) is 0.0487. The lowest BCUT2D eigenvalue weighted by atomic mass is 10.2. The maximum Gasteiger partial charge on any atom is 0.245 e. The van der Waals surface area contributed by atoms with Crippen molar-refractivity contribution < 1.29 is 4.79 Å². The van der Waals surface area contributed by atoms with Crippen LogP contribution in [0.4, 0.5) is 17.3 Å². The highest BCUT2D eigenvalue weighted by atomic mass is 35.5. The first kappa shape index (κ1) is 17.3. The summed E-state index contributed by atoms with van der Waals surface area (Å²) in [6.07, 6.45) is 1.62. The summed E-state index contributed by atoms with van der Waals surface area (Å²) < 4.78 is 0. The van der Waals surface area contributed by atoms with E-state index < -0.39 is 0 Å². The quantitative estimate of drug-likeness (QED) is 0.452. The molecule has 136 valence electrons. The van der Waals surface area contributed by atoms with E-state index in [-0.39, 0.29) is 12.5 Å². The molecule has 3 N–H and O–H groups in total. The number of benzene rings is 1. The van der Waals surface area contributed by atoms with E-state index in [1.54, 1.807) is 40.6 Å². The zero-order valence-corrected chi connectivity index (χ0v) is 15.6. The Kier molecular flexibility index (Phi) is 4.91. The van der Waals surface area contributed by atoms with Crippen LogP contribution in [0.5, 0.6) is 0 Å². The van der Waals surface area contributed by atoms with Crippen molar-refractivity contribution in [3.63, 3.8) is 0 Å². The number of carbonyl (C=O) groups excluding carboxylic acids is 1. The number of carbonyl (C=O) groups is 1. The Hall–Kier alpha value is -3.10. The van der Waals surface area contributed by atoms with Crippen LogP contribution in [0.3, 0.4) is 0 Å². The Bertz CT molecular complexity index is 1030. The van der Waals surface area contributed by atoms with Gasteiger partial charge >= 0.3 is 0 Å². The number of hydrogen-bond acceptors (Lipinski definition) is 5. The predicted molar refractivity (Wildman–Crippen MR) is 108 cm³/mol. The first-order valence-electron chi connectivity index (χ1n) is 8.11. The summed E-state index contributed by atoms with van der Waals surface area (Å²) in [5.74, 6) is 0.903. The van der Waals surface area contributed by atoms with Gasteiger partial charge in [-0.3, -0.25) is 15.0 Å². The molecule has 0 spiro atoms. The molecule has 0 unspecified atom stereocenters. The highest BCUT2D eigenvalue weighted by molar-refractivity contribution is 7.13. The van der Waals surface area contributed by atoms with Crippen molar-refractivity contribution in [2.45, 2.75) is 0 Å². The molecule has 27 heavy (non-hydrogen) atoms. The number of nitrogens with one attached hydrogen (secondary N) is 3. The molecule has 0 aliphatic rings. The number of H-pyrrole nitrogens is 2. The monoisotopic (exact) mass is 398 g/mol. The maximum atomic E-state index is 12.6. The van der Waals surface area contributed by atoms with Gasteiger partial charge in [-0.2, -0.15) is 10.2 Å². The molecule has 7 nitrogen and oxygen atoms in total. The number of aromatic amines is 2. The van der Waals surface area contributed by atoms with E-state index in [2.05, 4.69) is 25.7 Å². The van der Waals surface area contributed by atoms with Crippen LogP contribution in [0.15, 0.2) is 60.1 Å². The second-order valence-electron chi connectivity index (χ2n) is 5.67. The highest BCUT2D eigenvalue weighted by Crippen LogP contribution is 2.30. The van der Waals surface area contributed by atoms with Gasteiger partial charge in [0.25, 0.3) is 0 Å². The maximum absolute atomic E-state index is 12.6. The summed E-state index contributed by atoms with van der Waals surface area (Å²) in [5.41, 5.74) is 1.57. The third kappa shape index (κ3) is 3.86. The van der Waals surface area contributed by atoms with E-state index in [1.807, 2.05) is 35.7 Å². The third-order valence-electron chi connectivity index (χ3n) is 3.85. The summed E-state index contributed by atoms with van der Waals surface area (Å²) >= 11 is 7.91. The number of anilines is 3. The largest absolute Gasteiger partial charge is 0.316 e. The van der Waals surface area contributed by atoms with Crippen LogP contribution >= 0.6 is 22.9 Å². The fourth-order valence-electron chi connectivity index (χ4n) is 2.64. The number of halogens is 1. The molecule has 0 aliphatic carbocycles. The predicted octanol–water partition coefficient (Wildman–Crippen LogP) is 4.29. The van der Waals surface area contributed by atoms with Gasteiger partial charge < -0.3 is 10.2 Å². The highest BCUT2D eigenvalue weighted by Gasteiger charge is 2.18.